The Bertz CT molecular complexity index is 1420. The van der Waals surface area contributed by atoms with E-state index in [-0.39, 0.29) is 6.09 Å². The number of nitrogens with zero attached hydrogens (tertiary/aromatic N) is 4. The number of methoxy groups -OCH3 is 1. The van der Waals surface area contributed by atoms with Crippen LogP contribution >= 0.6 is 18.7 Å². The summed E-state index contributed by atoms with van der Waals surface area (Å²) in [6.07, 6.45) is 1.22. The van der Waals surface area contributed by atoms with Crippen LogP contribution in [0.15, 0.2) is 48.7 Å². The summed E-state index contributed by atoms with van der Waals surface area (Å²) in [7, 11) is -0.927. The van der Waals surface area contributed by atoms with E-state index >= 15 is 0 Å². The molecule has 40 heavy (non-hydrogen) atoms. The van der Waals surface area contributed by atoms with E-state index in [1.807, 2.05) is 63.2 Å². The SMILES string of the molecule is COc1cc(N2CCN(C(=O)OC(C)(C)C)CC2)ccc1Nc1ncc(Cl)c(Nc2ccccc2P(C)(C)=O)n1. The Kier molecular flexibility index (Phi) is 8.80. The number of benzene rings is 2. The third kappa shape index (κ3) is 7.37. The van der Waals surface area contributed by atoms with E-state index in [9.17, 15) is 9.36 Å². The zero-order chi connectivity index (χ0) is 29.1. The zero-order valence-electron chi connectivity index (χ0n) is 23.7. The topological polar surface area (TPSA) is 109 Å². The molecule has 1 aliphatic heterocycles. The lowest BCUT2D eigenvalue weighted by Gasteiger charge is -2.37. The van der Waals surface area contributed by atoms with Crippen molar-refractivity contribution in [2.75, 3.05) is 62.2 Å². The monoisotopic (exact) mass is 586 g/mol. The molecule has 0 radical (unpaired) electrons. The highest BCUT2D eigenvalue weighted by Crippen LogP contribution is 2.39. The number of hydrogen-bond acceptors (Lipinski definition) is 9. The Morgan fingerprint density at radius 2 is 1.73 bits per heavy atom. The highest BCUT2D eigenvalue weighted by molar-refractivity contribution is 7.70. The van der Waals surface area contributed by atoms with Crippen LogP contribution in [0.1, 0.15) is 20.8 Å². The molecule has 1 saturated heterocycles. The molecular weight excluding hydrogens is 551 g/mol. The van der Waals surface area contributed by atoms with Crippen LogP contribution in [0.25, 0.3) is 0 Å². The zero-order valence-corrected chi connectivity index (χ0v) is 25.3. The number of halogens is 1. The molecule has 0 aliphatic carbocycles. The van der Waals surface area contributed by atoms with E-state index < -0.39 is 12.7 Å². The summed E-state index contributed by atoms with van der Waals surface area (Å²) in [6, 6.07) is 13.2. The molecule has 1 aromatic heterocycles. The molecule has 0 atom stereocenters. The second-order valence-electron chi connectivity index (χ2n) is 10.8. The van der Waals surface area contributed by atoms with E-state index in [0.717, 1.165) is 5.69 Å². The van der Waals surface area contributed by atoms with Crippen LogP contribution in [0.3, 0.4) is 0 Å². The maximum Gasteiger partial charge on any atom is 0.410 e. The van der Waals surface area contributed by atoms with Gasteiger partial charge in [-0.25, -0.2) is 9.78 Å². The molecule has 1 amide bonds. The van der Waals surface area contributed by atoms with Crippen molar-refractivity contribution in [3.8, 4) is 5.75 Å². The molecule has 0 saturated carbocycles. The quantitative estimate of drug-likeness (QED) is 0.325. The van der Waals surface area contributed by atoms with E-state index in [0.29, 0.717) is 65.4 Å². The Morgan fingerprint density at radius 1 is 1.02 bits per heavy atom. The van der Waals surface area contributed by atoms with E-state index in [4.69, 9.17) is 21.1 Å². The van der Waals surface area contributed by atoms with Crippen LogP contribution in [-0.4, -0.2) is 73.2 Å². The van der Waals surface area contributed by atoms with Gasteiger partial charge < -0.3 is 34.5 Å². The first kappa shape index (κ1) is 29.5. The average molecular weight is 587 g/mol. The number of anilines is 5. The molecule has 3 aromatic rings. The van der Waals surface area contributed by atoms with Gasteiger partial charge in [0, 0.05) is 43.2 Å². The number of amides is 1. The number of aromatic nitrogens is 2. The van der Waals surface area contributed by atoms with Crippen molar-refractivity contribution in [3.05, 3.63) is 53.7 Å². The fourth-order valence-corrected chi connectivity index (χ4v) is 5.56. The molecule has 0 unspecified atom stereocenters. The van der Waals surface area contributed by atoms with Gasteiger partial charge in [0.25, 0.3) is 0 Å². The second kappa shape index (κ2) is 11.9. The standard InChI is InChI=1S/C28H36ClN6O4P/c1-28(2,3)39-27(36)35-15-13-34(14-16-35)19-11-12-21(23(17-19)38-4)32-26-30-18-20(29)25(33-26)31-22-9-7-8-10-24(22)40(5,6)37/h7-12,17-18H,13-16H2,1-6H3,(H2,30,31,32,33). The largest absolute Gasteiger partial charge is 0.494 e. The number of para-hydroxylation sites is 1. The molecule has 1 aliphatic rings. The maximum atomic E-state index is 12.8. The van der Waals surface area contributed by atoms with Gasteiger partial charge in [0.05, 0.1) is 24.7 Å². The second-order valence-corrected chi connectivity index (χ2v) is 14.4. The first-order chi connectivity index (χ1) is 18.8. The summed E-state index contributed by atoms with van der Waals surface area (Å²) in [4.78, 5) is 25.2. The first-order valence-corrected chi connectivity index (χ1v) is 15.9. The Morgan fingerprint density at radius 3 is 2.38 bits per heavy atom. The molecule has 10 nitrogen and oxygen atoms in total. The maximum absolute atomic E-state index is 12.8. The molecule has 4 rings (SSSR count). The molecule has 0 spiro atoms. The minimum atomic E-state index is -2.53. The van der Waals surface area contributed by atoms with Gasteiger partial charge in [0.15, 0.2) is 5.82 Å². The molecule has 12 heteroatoms. The number of hydrogen-bond donors (Lipinski definition) is 2. The lowest BCUT2D eigenvalue weighted by molar-refractivity contribution is 0.0240. The lowest BCUT2D eigenvalue weighted by atomic mass is 10.2. The van der Waals surface area contributed by atoms with Crippen LogP contribution in [0.2, 0.25) is 5.02 Å². The van der Waals surface area contributed by atoms with Crippen molar-refractivity contribution < 1.29 is 18.8 Å². The number of nitrogens with one attached hydrogen (secondary N) is 2. The summed E-state index contributed by atoms with van der Waals surface area (Å²) in [5.74, 6) is 1.32. The Labute approximate surface area is 240 Å². The minimum Gasteiger partial charge on any atom is -0.494 e. The van der Waals surface area contributed by atoms with Crippen molar-refractivity contribution >= 4 is 59.0 Å². The van der Waals surface area contributed by atoms with Gasteiger partial charge in [-0.2, -0.15) is 4.98 Å². The van der Waals surface area contributed by atoms with Gasteiger partial charge in [-0.15, -0.1) is 0 Å². The Hall–Kier alpha value is -3.49. The van der Waals surface area contributed by atoms with Gasteiger partial charge in [0.1, 0.15) is 23.5 Å². The number of piperazine rings is 1. The van der Waals surface area contributed by atoms with Crippen LogP contribution < -0.4 is 25.6 Å². The number of carbonyl (C=O) groups is 1. The van der Waals surface area contributed by atoms with Crippen molar-refractivity contribution in [3.63, 3.8) is 0 Å². The minimum absolute atomic E-state index is 0.289. The molecule has 2 aromatic carbocycles. The molecule has 2 N–H and O–H groups in total. The average Bonchev–Trinajstić information content (AvgIpc) is 2.89. The highest BCUT2D eigenvalue weighted by Gasteiger charge is 2.26. The molecular formula is C28H36ClN6O4P. The number of ether oxygens (including phenoxy) is 2. The van der Waals surface area contributed by atoms with Crippen LogP contribution in [-0.2, 0) is 9.30 Å². The van der Waals surface area contributed by atoms with Crippen molar-refractivity contribution in [2.45, 2.75) is 26.4 Å². The third-order valence-electron chi connectivity index (χ3n) is 6.21. The lowest BCUT2D eigenvalue weighted by Crippen LogP contribution is -2.50. The first-order valence-electron chi connectivity index (χ1n) is 13.0. The predicted octanol–water partition coefficient (Wildman–Crippen LogP) is 5.93. The summed E-state index contributed by atoms with van der Waals surface area (Å²) in [6.45, 7) is 11.5. The van der Waals surface area contributed by atoms with Gasteiger partial charge in [-0.05, 0) is 58.4 Å². The fourth-order valence-electron chi connectivity index (χ4n) is 4.27. The summed E-state index contributed by atoms with van der Waals surface area (Å²) in [5.41, 5.74) is 1.81. The van der Waals surface area contributed by atoms with E-state index in [1.54, 1.807) is 25.3 Å². The van der Waals surface area contributed by atoms with Crippen LogP contribution in [0.4, 0.5) is 33.6 Å². The third-order valence-corrected chi connectivity index (χ3v) is 8.04. The fraction of sp³-hybridized carbons (Fsp3) is 0.393. The Balaban J connectivity index is 1.47. The van der Waals surface area contributed by atoms with Crippen LogP contribution in [0, 0.1) is 0 Å². The number of rotatable bonds is 7. The molecule has 1 fully saturated rings. The predicted molar refractivity (Wildman–Crippen MR) is 162 cm³/mol. The summed E-state index contributed by atoms with van der Waals surface area (Å²) >= 11 is 6.40. The smallest absolute Gasteiger partial charge is 0.410 e. The molecule has 0 bridgehead atoms. The van der Waals surface area contributed by atoms with Crippen molar-refractivity contribution in [2.24, 2.45) is 0 Å². The van der Waals surface area contributed by atoms with E-state index in [1.165, 1.54) is 6.20 Å². The summed E-state index contributed by atoms with van der Waals surface area (Å²) < 4.78 is 23.9. The van der Waals surface area contributed by atoms with E-state index in [2.05, 4.69) is 25.5 Å². The van der Waals surface area contributed by atoms with Crippen molar-refractivity contribution in [1.29, 1.82) is 0 Å². The molecule has 2 heterocycles. The van der Waals surface area contributed by atoms with Crippen molar-refractivity contribution in [1.82, 2.24) is 14.9 Å². The van der Waals surface area contributed by atoms with Gasteiger partial charge in [-0.3, -0.25) is 0 Å². The normalized spacial score (nSPS) is 14.1. The van der Waals surface area contributed by atoms with Crippen LogP contribution in [0.5, 0.6) is 5.75 Å². The van der Waals surface area contributed by atoms with Gasteiger partial charge >= 0.3 is 6.09 Å². The summed E-state index contributed by atoms with van der Waals surface area (Å²) in [5, 5.41) is 7.46. The van der Waals surface area contributed by atoms with Gasteiger partial charge in [-0.1, -0.05) is 23.7 Å². The highest BCUT2D eigenvalue weighted by atomic mass is 35.5. The number of carbonyl (C=O) groups excluding carboxylic acids is 1. The van der Waals surface area contributed by atoms with Gasteiger partial charge in [0.2, 0.25) is 5.95 Å². The molecule has 214 valence electrons.